The lowest BCUT2D eigenvalue weighted by atomic mass is 10.1. The third-order valence-electron chi connectivity index (χ3n) is 1.79. The molecular weight excluding hydrogens is 142 g/mol. The molecule has 56 valence electrons. The van der Waals surface area contributed by atoms with Crippen LogP contribution in [0, 0.1) is 0 Å². The molecule has 0 fully saturated rings. The molecule has 3 heteroatoms. The summed E-state index contributed by atoms with van der Waals surface area (Å²) in [5.41, 5.74) is 1.53. The van der Waals surface area contributed by atoms with E-state index in [1.54, 1.807) is 18.5 Å². The van der Waals surface area contributed by atoms with Crippen LogP contribution in [0.3, 0.4) is 0 Å². The molecule has 0 spiro atoms. The molecular formula is C8H7NO2. The maximum atomic E-state index is 11.0. The SMILES string of the molecule is CC1OC(=O)c2ccncc21. The van der Waals surface area contributed by atoms with Crippen molar-refractivity contribution in [2.45, 2.75) is 13.0 Å². The lowest BCUT2D eigenvalue weighted by molar-refractivity contribution is 0.0421. The van der Waals surface area contributed by atoms with Gasteiger partial charge in [-0.25, -0.2) is 4.79 Å². The molecule has 0 N–H and O–H groups in total. The minimum Gasteiger partial charge on any atom is -0.454 e. The molecule has 0 amide bonds. The van der Waals surface area contributed by atoms with E-state index in [1.807, 2.05) is 6.92 Å². The van der Waals surface area contributed by atoms with Gasteiger partial charge in [0.25, 0.3) is 0 Å². The summed E-state index contributed by atoms with van der Waals surface area (Å²) in [4.78, 5) is 14.9. The first-order chi connectivity index (χ1) is 5.29. The molecule has 0 saturated carbocycles. The fraction of sp³-hybridized carbons (Fsp3) is 0.250. The first-order valence-corrected chi connectivity index (χ1v) is 3.44. The van der Waals surface area contributed by atoms with Gasteiger partial charge in [0.1, 0.15) is 6.10 Å². The van der Waals surface area contributed by atoms with Gasteiger partial charge in [0.05, 0.1) is 5.56 Å². The average molecular weight is 149 g/mol. The Bertz CT molecular complexity index is 309. The highest BCUT2D eigenvalue weighted by Gasteiger charge is 2.26. The van der Waals surface area contributed by atoms with Crippen molar-refractivity contribution < 1.29 is 9.53 Å². The molecule has 0 aromatic carbocycles. The van der Waals surface area contributed by atoms with E-state index in [2.05, 4.69) is 4.98 Å². The minimum absolute atomic E-state index is 0.133. The Morgan fingerprint density at radius 1 is 1.64 bits per heavy atom. The van der Waals surface area contributed by atoms with E-state index in [-0.39, 0.29) is 12.1 Å². The lowest BCUT2D eigenvalue weighted by Crippen LogP contribution is -1.93. The summed E-state index contributed by atoms with van der Waals surface area (Å²) < 4.78 is 4.95. The van der Waals surface area contributed by atoms with E-state index >= 15 is 0 Å². The fourth-order valence-electron chi connectivity index (χ4n) is 1.20. The molecule has 1 aromatic rings. The van der Waals surface area contributed by atoms with Crippen molar-refractivity contribution in [2.75, 3.05) is 0 Å². The quantitative estimate of drug-likeness (QED) is 0.522. The van der Waals surface area contributed by atoms with Crippen LogP contribution < -0.4 is 0 Å². The molecule has 3 nitrogen and oxygen atoms in total. The largest absolute Gasteiger partial charge is 0.454 e. The third kappa shape index (κ3) is 0.808. The number of cyclic esters (lactones) is 1. The van der Waals surface area contributed by atoms with E-state index in [9.17, 15) is 4.79 Å². The number of hydrogen-bond acceptors (Lipinski definition) is 3. The normalized spacial score (nSPS) is 21.2. The molecule has 11 heavy (non-hydrogen) atoms. The van der Waals surface area contributed by atoms with E-state index in [0.717, 1.165) is 5.56 Å². The van der Waals surface area contributed by atoms with Gasteiger partial charge in [0.2, 0.25) is 0 Å². The summed E-state index contributed by atoms with van der Waals surface area (Å²) in [5, 5.41) is 0. The van der Waals surface area contributed by atoms with Gasteiger partial charge in [-0.2, -0.15) is 0 Å². The van der Waals surface area contributed by atoms with E-state index < -0.39 is 0 Å². The van der Waals surface area contributed by atoms with Crippen LogP contribution in [0.15, 0.2) is 18.5 Å². The van der Waals surface area contributed by atoms with Crippen molar-refractivity contribution in [3.8, 4) is 0 Å². The van der Waals surface area contributed by atoms with Crippen molar-refractivity contribution in [2.24, 2.45) is 0 Å². The number of nitrogens with zero attached hydrogens (tertiary/aromatic N) is 1. The van der Waals surface area contributed by atoms with Crippen LogP contribution in [-0.2, 0) is 4.74 Å². The van der Waals surface area contributed by atoms with Crippen molar-refractivity contribution in [3.05, 3.63) is 29.6 Å². The predicted octanol–water partition coefficient (Wildman–Crippen LogP) is 1.31. The Hall–Kier alpha value is -1.38. The van der Waals surface area contributed by atoms with Crippen molar-refractivity contribution in [1.29, 1.82) is 0 Å². The van der Waals surface area contributed by atoms with Crippen LogP contribution in [0.2, 0.25) is 0 Å². The molecule has 1 aromatic heterocycles. The van der Waals surface area contributed by atoms with Gasteiger partial charge in [-0.05, 0) is 13.0 Å². The zero-order valence-electron chi connectivity index (χ0n) is 6.07. The minimum atomic E-state index is -0.241. The van der Waals surface area contributed by atoms with Crippen molar-refractivity contribution in [3.63, 3.8) is 0 Å². The van der Waals surface area contributed by atoms with Crippen LogP contribution in [0.5, 0.6) is 0 Å². The van der Waals surface area contributed by atoms with Gasteiger partial charge in [-0.3, -0.25) is 4.98 Å². The molecule has 2 heterocycles. The number of esters is 1. The lowest BCUT2D eigenvalue weighted by Gasteiger charge is -1.99. The molecule has 1 aliphatic heterocycles. The number of pyridine rings is 1. The molecule has 0 bridgehead atoms. The van der Waals surface area contributed by atoms with Crippen LogP contribution in [0.4, 0.5) is 0 Å². The van der Waals surface area contributed by atoms with Crippen LogP contribution in [0.25, 0.3) is 0 Å². The summed E-state index contributed by atoms with van der Waals surface area (Å²) in [7, 11) is 0. The van der Waals surface area contributed by atoms with E-state index in [4.69, 9.17) is 4.74 Å². The molecule has 1 unspecified atom stereocenters. The predicted molar refractivity (Wildman–Crippen MR) is 38.1 cm³/mol. The third-order valence-corrected chi connectivity index (χ3v) is 1.79. The first-order valence-electron chi connectivity index (χ1n) is 3.44. The monoisotopic (exact) mass is 149 g/mol. The van der Waals surface area contributed by atoms with Crippen LogP contribution >= 0.6 is 0 Å². The van der Waals surface area contributed by atoms with Crippen molar-refractivity contribution in [1.82, 2.24) is 4.98 Å². The number of rotatable bonds is 0. The molecule has 0 radical (unpaired) electrons. The Balaban J connectivity index is 2.60. The Labute approximate surface area is 64.0 Å². The number of hydrogen-bond donors (Lipinski definition) is 0. The van der Waals surface area contributed by atoms with Crippen molar-refractivity contribution >= 4 is 5.97 Å². The molecule has 2 rings (SSSR count). The van der Waals surface area contributed by atoms with E-state index in [0.29, 0.717) is 5.56 Å². The second-order valence-corrected chi connectivity index (χ2v) is 2.51. The topological polar surface area (TPSA) is 39.2 Å². The van der Waals surface area contributed by atoms with E-state index in [1.165, 1.54) is 0 Å². The van der Waals surface area contributed by atoms with Gasteiger partial charge >= 0.3 is 5.97 Å². The summed E-state index contributed by atoms with van der Waals surface area (Å²) in [5.74, 6) is -0.241. The summed E-state index contributed by atoms with van der Waals surface area (Å²) >= 11 is 0. The summed E-state index contributed by atoms with van der Waals surface area (Å²) in [6, 6.07) is 1.68. The van der Waals surface area contributed by atoms with Gasteiger partial charge in [0.15, 0.2) is 0 Å². The zero-order valence-corrected chi connectivity index (χ0v) is 6.07. The molecule has 0 saturated heterocycles. The molecule has 0 aliphatic carbocycles. The number of carbonyl (C=O) groups excluding carboxylic acids is 1. The highest BCUT2D eigenvalue weighted by molar-refractivity contribution is 5.93. The highest BCUT2D eigenvalue weighted by Crippen LogP contribution is 2.28. The number of aromatic nitrogens is 1. The standard InChI is InChI=1S/C8H7NO2/c1-5-7-4-9-3-2-6(7)8(10)11-5/h2-5H,1H3. The Morgan fingerprint density at radius 3 is 3.18 bits per heavy atom. The van der Waals surface area contributed by atoms with Gasteiger partial charge in [-0.15, -0.1) is 0 Å². The number of carbonyl (C=O) groups is 1. The fourth-order valence-corrected chi connectivity index (χ4v) is 1.20. The maximum absolute atomic E-state index is 11.0. The molecule has 1 aliphatic rings. The summed E-state index contributed by atoms with van der Waals surface area (Å²) in [6.45, 7) is 1.84. The summed E-state index contributed by atoms with van der Waals surface area (Å²) in [6.07, 6.45) is 3.13. The smallest absolute Gasteiger partial charge is 0.339 e. The van der Waals surface area contributed by atoms with Crippen LogP contribution in [-0.4, -0.2) is 11.0 Å². The van der Waals surface area contributed by atoms with Crippen LogP contribution in [0.1, 0.15) is 28.9 Å². The Morgan fingerprint density at radius 2 is 2.45 bits per heavy atom. The van der Waals surface area contributed by atoms with Gasteiger partial charge in [-0.1, -0.05) is 0 Å². The van der Waals surface area contributed by atoms with Gasteiger partial charge in [0, 0.05) is 18.0 Å². The second-order valence-electron chi connectivity index (χ2n) is 2.51. The first kappa shape index (κ1) is 6.34. The highest BCUT2D eigenvalue weighted by atomic mass is 16.5. The average Bonchev–Trinajstić information content (AvgIpc) is 2.30. The maximum Gasteiger partial charge on any atom is 0.339 e. The zero-order chi connectivity index (χ0) is 7.84. The number of ether oxygens (including phenoxy) is 1. The van der Waals surface area contributed by atoms with Gasteiger partial charge < -0.3 is 4.74 Å². The second kappa shape index (κ2) is 2.05. The Kier molecular flexibility index (Phi) is 1.18. The molecule has 1 atom stereocenters. The number of fused-ring (bicyclic) bond motifs is 1.